The average Bonchev–Trinajstić information content (AvgIpc) is 2.61. The predicted molar refractivity (Wildman–Crippen MR) is 87.2 cm³/mol. The Bertz CT molecular complexity index is 1080. The largest absolute Gasteiger partial charge is 0.260 e. The summed E-state index contributed by atoms with van der Waals surface area (Å²) in [6.45, 7) is 13.9. The first-order valence-corrected chi connectivity index (χ1v) is 7.37. The minimum atomic E-state index is -1.77. The third kappa shape index (κ3) is 3.08. The Morgan fingerprint density at radius 3 is 2.31 bits per heavy atom. The van der Waals surface area contributed by atoms with E-state index in [1.807, 2.05) is 0 Å². The molecular weight excluding hydrogens is 417 g/mol. The summed E-state index contributed by atoms with van der Waals surface area (Å²) in [5, 5.41) is 19.9. The first-order chi connectivity index (χ1) is 12.3. The van der Waals surface area contributed by atoms with Crippen LogP contribution in [-0.2, 0) is 6.42 Å². The Kier molecular flexibility index (Phi) is 5.25. The van der Waals surface area contributed by atoms with Gasteiger partial charge in [-0.15, -0.1) is 0 Å². The van der Waals surface area contributed by atoms with Crippen LogP contribution in [0.4, 0.5) is 30.2 Å². The van der Waals surface area contributed by atoms with E-state index in [2.05, 4.69) is 25.6 Å². The van der Waals surface area contributed by atoms with Gasteiger partial charge in [-0.05, 0) is 12.0 Å². The maximum Gasteiger partial charge on any atom is 0.260 e. The van der Waals surface area contributed by atoms with E-state index >= 15 is 0 Å². The standard InChI is InChI=1S/C16H4BrF3N4O2/c1-22-12-4-7(24(25)26)3-11(17)9(12)5-8-10(6-21)13(18)15(20)16(23-2)14(8)19/h3-4H,5H2. The van der Waals surface area contributed by atoms with Crippen molar-refractivity contribution in [1.82, 2.24) is 0 Å². The van der Waals surface area contributed by atoms with E-state index in [1.165, 1.54) is 6.07 Å². The molecule has 0 aromatic heterocycles. The SMILES string of the molecule is [C-]#[N+]c1cc([N+](=O)[O-])cc(Br)c1Cc1c(F)c([N+]#[C-])c(F)c(F)c1C#N. The van der Waals surface area contributed by atoms with E-state index in [4.69, 9.17) is 18.4 Å². The number of benzene rings is 2. The molecule has 0 saturated carbocycles. The predicted octanol–water partition coefficient (Wildman–Crippen LogP) is 5.34. The van der Waals surface area contributed by atoms with Crippen molar-refractivity contribution in [2.45, 2.75) is 6.42 Å². The van der Waals surface area contributed by atoms with Gasteiger partial charge in [0.1, 0.15) is 11.9 Å². The molecule has 0 aliphatic carbocycles. The number of non-ortho nitro benzene ring substituents is 1. The molecule has 0 fully saturated rings. The summed E-state index contributed by atoms with van der Waals surface area (Å²) in [6.07, 6.45) is -0.551. The van der Waals surface area contributed by atoms with Gasteiger partial charge in [-0.25, -0.2) is 22.9 Å². The molecule has 26 heavy (non-hydrogen) atoms. The van der Waals surface area contributed by atoms with E-state index in [0.29, 0.717) is 0 Å². The van der Waals surface area contributed by atoms with E-state index in [9.17, 15) is 23.3 Å². The molecule has 0 radical (unpaired) electrons. The summed E-state index contributed by atoms with van der Waals surface area (Å²) in [4.78, 5) is 15.8. The molecule has 6 nitrogen and oxygen atoms in total. The van der Waals surface area contributed by atoms with E-state index < -0.39 is 51.3 Å². The van der Waals surface area contributed by atoms with Gasteiger partial charge in [0.25, 0.3) is 11.4 Å². The van der Waals surface area contributed by atoms with Crippen LogP contribution >= 0.6 is 15.9 Å². The highest BCUT2D eigenvalue weighted by Gasteiger charge is 2.27. The Labute approximate surface area is 153 Å². The smallest absolute Gasteiger partial charge is 0.258 e. The van der Waals surface area contributed by atoms with Gasteiger partial charge in [0.15, 0.2) is 17.3 Å². The summed E-state index contributed by atoms with van der Waals surface area (Å²) in [5.74, 6) is -4.86. The summed E-state index contributed by atoms with van der Waals surface area (Å²) in [6, 6.07) is 3.34. The molecule has 0 amide bonds. The molecule has 2 rings (SSSR count). The van der Waals surface area contributed by atoms with Gasteiger partial charge in [0.2, 0.25) is 0 Å². The summed E-state index contributed by atoms with van der Waals surface area (Å²) in [5.41, 5.74) is -3.37. The van der Waals surface area contributed by atoms with Crippen molar-refractivity contribution in [3.05, 3.63) is 83.7 Å². The van der Waals surface area contributed by atoms with Gasteiger partial charge in [-0.2, -0.15) is 5.26 Å². The second kappa shape index (κ2) is 7.22. The Balaban J connectivity index is 2.77. The van der Waals surface area contributed by atoms with Crippen molar-refractivity contribution in [3.8, 4) is 6.07 Å². The van der Waals surface area contributed by atoms with Gasteiger partial charge in [0.05, 0.1) is 23.6 Å². The lowest BCUT2D eigenvalue weighted by Crippen LogP contribution is -2.05. The first kappa shape index (κ1) is 18.9. The molecule has 0 spiro atoms. The highest BCUT2D eigenvalue weighted by molar-refractivity contribution is 9.10. The Hall–Kier alpha value is -3.42. The highest BCUT2D eigenvalue weighted by atomic mass is 79.9. The third-order valence-electron chi connectivity index (χ3n) is 3.46. The Morgan fingerprint density at radius 1 is 1.15 bits per heavy atom. The number of hydrogen-bond donors (Lipinski definition) is 0. The van der Waals surface area contributed by atoms with Crippen LogP contribution in [0, 0.1) is 52.0 Å². The van der Waals surface area contributed by atoms with Crippen LogP contribution in [0.25, 0.3) is 9.69 Å². The molecule has 0 unspecified atom stereocenters. The zero-order valence-corrected chi connectivity index (χ0v) is 14.1. The van der Waals surface area contributed by atoms with Gasteiger partial charge in [-0.3, -0.25) is 10.1 Å². The number of nitrogens with zero attached hydrogens (tertiary/aromatic N) is 4. The van der Waals surface area contributed by atoms with Crippen molar-refractivity contribution in [2.24, 2.45) is 0 Å². The topological polar surface area (TPSA) is 75.7 Å². The lowest BCUT2D eigenvalue weighted by Gasteiger charge is -2.12. The van der Waals surface area contributed by atoms with Crippen LogP contribution in [0.1, 0.15) is 16.7 Å². The molecule has 0 saturated heterocycles. The minimum absolute atomic E-state index is 0.0305. The molecule has 10 heteroatoms. The normalized spacial score (nSPS) is 9.88. The fourth-order valence-corrected chi connectivity index (χ4v) is 2.82. The molecule has 0 heterocycles. The third-order valence-corrected chi connectivity index (χ3v) is 4.17. The quantitative estimate of drug-likeness (QED) is 0.291. The molecule has 0 N–H and O–H groups in total. The summed E-state index contributed by atoms with van der Waals surface area (Å²) < 4.78 is 42.2. The molecule has 2 aromatic carbocycles. The van der Waals surface area contributed by atoms with E-state index in [0.717, 1.165) is 12.1 Å². The van der Waals surface area contributed by atoms with Crippen molar-refractivity contribution in [2.75, 3.05) is 0 Å². The fourth-order valence-electron chi connectivity index (χ4n) is 2.24. The minimum Gasteiger partial charge on any atom is -0.258 e. The number of nitro benzene ring substituents is 1. The van der Waals surface area contributed by atoms with Gasteiger partial charge in [0, 0.05) is 22.2 Å². The van der Waals surface area contributed by atoms with Crippen molar-refractivity contribution in [1.29, 1.82) is 5.26 Å². The molecular formula is C16H4BrF3N4O2. The highest BCUT2D eigenvalue weighted by Crippen LogP contribution is 2.38. The second-order valence-electron chi connectivity index (χ2n) is 4.84. The number of rotatable bonds is 3. The molecule has 128 valence electrons. The summed E-state index contributed by atoms with van der Waals surface area (Å²) in [7, 11) is 0. The monoisotopic (exact) mass is 420 g/mol. The maximum absolute atomic E-state index is 14.4. The van der Waals surface area contributed by atoms with Crippen LogP contribution in [-0.4, -0.2) is 4.92 Å². The van der Waals surface area contributed by atoms with Crippen LogP contribution < -0.4 is 0 Å². The van der Waals surface area contributed by atoms with Gasteiger partial charge >= 0.3 is 0 Å². The van der Waals surface area contributed by atoms with Crippen LogP contribution in [0.3, 0.4) is 0 Å². The fraction of sp³-hybridized carbons (Fsp3) is 0.0625. The zero-order valence-electron chi connectivity index (χ0n) is 12.5. The van der Waals surface area contributed by atoms with Crippen LogP contribution in [0.2, 0.25) is 0 Å². The molecule has 0 aliphatic rings. The molecule has 0 bridgehead atoms. The number of nitro groups is 1. The van der Waals surface area contributed by atoms with Gasteiger partial charge in [-0.1, -0.05) is 15.9 Å². The van der Waals surface area contributed by atoms with Crippen molar-refractivity contribution >= 4 is 33.0 Å². The zero-order chi connectivity index (χ0) is 19.6. The lowest BCUT2D eigenvalue weighted by atomic mass is 9.96. The average molecular weight is 421 g/mol. The molecule has 0 aliphatic heterocycles. The number of nitriles is 1. The maximum atomic E-state index is 14.4. The van der Waals surface area contributed by atoms with E-state index in [1.54, 1.807) is 0 Å². The number of hydrogen-bond acceptors (Lipinski definition) is 3. The van der Waals surface area contributed by atoms with Crippen molar-refractivity contribution in [3.63, 3.8) is 0 Å². The van der Waals surface area contributed by atoms with Gasteiger partial charge < -0.3 is 0 Å². The number of halogens is 4. The molecule has 2 aromatic rings. The molecule has 0 atom stereocenters. The lowest BCUT2D eigenvalue weighted by molar-refractivity contribution is -0.384. The summed E-state index contributed by atoms with van der Waals surface area (Å²) >= 11 is 3.02. The van der Waals surface area contributed by atoms with Crippen molar-refractivity contribution < 1.29 is 18.1 Å². The van der Waals surface area contributed by atoms with Crippen LogP contribution in [0.5, 0.6) is 0 Å². The van der Waals surface area contributed by atoms with Crippen LogP contribution in [0.15, 0.2) is 16.6 Å². The second-order valence-corrected chi connectivity index (χ2v) is 5.69. The van der Waals surface area contributed by atoms with E-state index in [-0.39, 0.29) is 15.7 Å². The first-order valence-electron chi connectivity index (χ1n) is 6.57. The Morgan fingerprint density at radius 2 is 1.81 bits per heavy atom.